The molecule has 0 spiro atoms. The Kier molecular flexibility index (Phi) is 6.99. The van der Waals surface area contributed by atoms with Gasteiger partial charge in [-0.25, -0.2) is 4.79 Å². The van der Waals surface area contributed by atoms with Crippen LogP contribution in [0.1, 0.15) is 59.3 Å². The minimum absolute atomic E-state index is 0.113. The molecule has 1 rings (SSSR count). The SMILES string of the molecule is CCCCC(CCC)CNC(=O)N1CCC(C)(C(=O)O)C1. The summed E-state index contributed by atoms with van der Waals surface area (Å²) in [7, 11) is 0. The number of amides is 2. The van der Waals surface area contributed by atoms with Crippen molar-refractivity contribution in [3.8, 4) is 0 Å². The van der Waals surface area contributed by atoms with Crippen LogP contribution in [0.4, 0.5) is 4.79 Å². The number of carbonyl (C=O) groups excluding carboxylic acids is 1. The zero-order chi connectivity index (χ0) is 15.9. The van der Waals surface area contributed by atoms with Crippen LogP contribution in [0.5, 0.6) is 0 Å². The molecule has 1 heterocycles. The van der Waals surface area contributed by atoms with Crippen LogP contribution in [0.15, 0.2) is 0 Å². The van der Waals surface area contributed by atoms with Gasteiger partial charge in [0, 0.05) is 19.6 Å². The number of rotatable bonds is 8. The van der Waals surface area contributed by atoms with Crippen LogP contribution in [0.25, 0.3) is 0 Å². The predicted molar refractivity (Wildman–Crippen MR) is 83.3 cm³/mol. The van der Waals surface area contributed by atoms with E-state index in [4.69, 9.17) is 0 Å². The highest BCUT2D eigenvalue weighted by Gasteiger charge is 2.42. The molecule has 0 radical (unpaired) electrons. The maximum atomic E-state index is 12.2. The van der Waals surface area contributed by atoms with Gasteiger partial charge in [0.05, 0.1) is 5.41 Å². The Bertz CT molecular complexity index is 359. The van der Waals surface area contributed by atoms with E-state index in [2.05, 4.69) is 19.2 Å². The molecule has 0 aromatic heterocycles. The van der Waals surface area contributed by atoms with Gasteiger partial charge in [-0.2, -0.15) is 0 Å². The number of carboxylic acids is 1. The minimum Gasteiger partial charge on any atom is -0.481 e. The van der Waals surface area contributed by atoms with E-state index < -0.39 is 11.4 Å². The Balaban J connectivity index is 2.41. The normalized spacial score (nSPS) is 23.1. The second kappa shape index (κ2) is 8.25. The molecule has 1 aliphatic heterocycles. The number of carbonyl (C=O) groups is 2. The van der Waals surface area contributed by atoms with Gasteiger partial charge in [0.25, 0.3) is 0 Å². The summed E-state index contributed by atoms with van der Waals surface area (Å²) in [5.74, 6) is -0.281. The third-order valence-corrected chi connectivity index (χ3v) is 4.48. The molecular formula is C16H30N2O3. The Morgan fingerprint density at radius 2 is 2.00 bits per heavy atom. The standard InChI is InChI=1S/C16H30N2O3/c1-4-6-8-13(7-5-2)11-17-15(21)18-10-9-16(3,12-18)14(19)20/h13H,4-12H2,1-3H3,(H,17,21)(H,19,20). The van der Waals surface area contributed by atoms with Gasteiger partial charge in [0.1, 0.15) is 0 Å². The summed E-state index contributed by atoms with van der Waals surface area (Å²) in [5.41, 5.74) is -0.789. The highest BCUT2D eigenvalue weighted by atomic mass is 16.4. The quantitative estimate of drug-likeness (QED) is 0.723. The Labute approximate surface area is 128 Å². The lowest BCUT2D eigenvalue weighted by Crippen LogP contribution is -2.42. The van der Waals surface area contributed by atoms with Crippen molar-refractivity contribution >= 4 is 12.0 Å². The molecule has 0 aromatic carbocycles. The van der Waals surface area contributed by atoms with Crippen molar-refractivity contribution < 1.29 is 14.7 Å². The first kappa shape index (κ1) is 17.8. The van der Waals surface area contributed by atoms with Gasteiger partial charge in [0.2, 0.25) is 0 Å². The van der Waals surface area contributed by atoms with E-state index in [1.807, 2.05) is 0 Å². The molecule has 0 aliphatic carbocycles. The summed E-state index contributed by atoms with van der Waals surface area (Å²) in [6.07, 6.45) is 6.32. The topological polar surface area (TPSA) is 69.6 Å². The fraction of sp³-hybridized carbons (Fsp3) is 0.875. The third kappa shape index (κ3) is 5.21. The van der Waals surface area contributed by atoms with Gasteiger partial charge in [0.15, 0.2) is 0 Å². The van der Waals surface area contributed by atoms with Crippen LogP contribution < -0.4 is 5.32 Å². The van der Waals surface area contributed by atoms with Crippen LogP contribution in [-0.2, 0) is 4.79 Å². The van der Waals surface area contributed by atoms with Gasteiger partial charge in [-0.1, -0.05) is 33.1 Å². The molecule has 2 N–H and O–H groups in total. The van der Waals surface area contributed by atoms with Crippen molar-refractivity contribution in [2.75, 3.05) is 19.6 Å². The smallest absolute Gasteiger partial charge is 0.317 e. The molecule has 2 amide bonds. The summed E-state index contributed by atoms with van der Waals surface area (Å²) < 4.78 is 0. The molecule has 5 nitrogen and oxygen atoms in total. The maximum Gasteiger partial charge on any atom is 0.317 e. The van der Waals surface area contributed by atoms with Crippen LogP contribution in [-0.4, -0.2) is 41.6 Å². The minimum atomic E-state index is -0.815. The summed E-state index contributed by atoms with van der Waals surface area (Å²) in [5, 5.41) is 12.2. The fourth-order valence-electron chi connectivity index (χ4n) is 2.90. The molecule has 21 heavy (non-hydrogen) atoms. The second-order valence-corrected chi connectivity index (χ2v) is 6.52. The Hall–Kier alpha value is -1.26. The van der Waals surface area contributed by atoms with E-state index in [0.29, 0.717) is 32.0 Å². The van der Waals surface area contributed by atoms with Gasteiger partial charge in [-0.3, -0.25) is 4.79 Å². The van der Waals surface area contributed by atoms with E-state index in [9.17, 15) is 14.7 Å². The largest absolute Gasteiger partial charge is 0.481 e. The number of aliphatic carboxylic acids is 1. The number of nitrogens with one attached hydrogen (secondary N) is 1. The number of carboxylic acid groups (broad SMARTS) is 1. The fourth-order valence-corrected chi connectivity index (χ4v) is 2.90. The van der Waals surface area contributed by atoms with Crippen molar-refractivity contribution in [3.05, 3.63) is 0 Å². The van der Waals surface area contributed by atoms with Gasteiger partial charge in [-0.15, -0.1) is 0 Å². The van der Waals surface area contributed by atoms with E-state index in [1.54, 1.807) is 11.8 Å². The zero-order valence-electron chi connectivity index (χ0n) is 13.7. The van der Waals surface area contributed by atoms with Crippen molar-refractivity contribution in [1.82, 2.24) is 10.2 Å². The van der Waals surface area contributed by atoms with E-state index in [-0.39, 0.29) is 6.03 Å². The van der Waals surface area contributed by atoms with Gasteiger partial charge >= 0.3 is 12.0 Å². The monoisotopic (exact) mass is 298 g/mol. The number of unbranched alkanes of at least 4 members (excludes halogenated alkanes) is 1. The number of hydrogen-bond acceptors (Lipinski definition) is 2. The average molecular weight is 298 g/mol. The highest BCUT2D eigenvalue weighted by molar-refractivity contribution is 5.79. The lowest BCUT2D eigenvalue weighted by atomic mass is 9.90. The van der Waals surface area contributed by atoms with Crippen LogP contribution >= 0.6 is 0 Å². The lowest BCUT2D eigenvalue weighted by molar-refractivity contribution is -0.146. The number of hydrogen-bond donors (Lipinski definition) is 2. The predicted octanol–water partition coefficient (Wildman–Crippen LogP) is 3.10. The molecule has 1 saturated heterocycles. The van der Waals surface area contributed by atoms with Crippen LogP contribution in [0, 0.1) is 11.3 Å². The maximum absolute atomic E-state index is 12.2. The summed E-state index contributed by atoms with van der Waals surface area (Å²) in [6, 6.07) is -0.113. The third-order valence-electron chi connectivity index (χ3n) is 4.48. The van der Waals surface area contributed by atoms with Crippen molar-refractivity contribution in [2.45, 2.75) is 59.3 Å². The van der Waals surface area contributed by atoms with E-state index >= 15 is 0 Å². The van der Waals surface area contributed by atoms with Crippen molar-refractivity contribution in [2.24, 2.45) is 11.3 Å². The molecule has 122 valence electrons. The molecular weight excluding hydrogens is 268 g/mol. The molecule has 1 fully saturated rings. The highest BCUT2D eigenvalue weighted by Crippen LogP contribution is 2.30. The zero-order valence-corrected chi connectivity index (χ0v) is 13.7. The summed E-state index contributed by atoms with van der Waals surface area (Å²) in [4.78, 5) is 25.0. The Morgan fingerprint density at radius 3 is 2.52 bits per heavy atom. The molecule has 2 unspecified atom stereocenters. The van der Waals surface area contributed by atoms with Crippen molar-refractivity contribution in [3.63, 3.8) is 0 Å². The van der Waals surface area contributed by atoms with E-state index in [1.165, 1.54) is 12.8 Å². The Morgan fingerprint density at radius 1 is 1.29 bits per heavy atom. The molecule has 2 atom stereocenters. The molecule has 0 bridgehead atoms. The van der Waals surface area contributed by atoms with Crippen LogP contribution in [0.2, 0.25) is 0 Å². The van der Waals surface area contributed by atoms with Gasteiger partial charge < -0.3 is 15.3 Å². The average Bonchev–Trinajstić information content (AvgIpc) is 2.85. The van der Waals surface area contributed by atoms with Crippen molar-refractivity contribution in [1.29, 1.82) is 0 Å². The van der Waals surface area contributed by atoms with Gasteiger partial charge in [-0.05, 0) is 32.1 Å². The summed E-state index contributed by atoms with van der Waals surface area (Å²) in [6.45, 7) is 7.60. The number of nitrogens with zero attached hydrogens (tertiary/aromatic N) is 1. The first-order chi connectivity index (χ1) is 9.92. The molecule has 0 saturated carbocycles. The molecule has 1 aliphatic rings. The van der Waals surface area contributed by atoms with Crippen LogP contribution in [0.3, 0.4) is 0 Å². The first-order valence-electron chi connectivity index (χ1n) is 8.19. The molecule has 5 heteroatoms. The van der Waals surface area contributed by atoms with E-state index in [0.717, 1.165) is 19.3 Å². The second-order valence-electron chi connectivity index (χ2n) is 6.52. The molecule has 0 aromatic rings. The number of likely N-dealkylation sites (tertiary alicyclic amines) is 1. The first-order valence-corrected chi connectivity index (χ1v) is 8.19. The summed E-state index contributed by atoms with van der Waals surface area (Å²) >= 11 is 0. The number of urea groups is 1. The lowest BCUT2D eigenvalue weighted by Gasteiger charge is -2.22.